The van der Waals surface area contributed by atoms with Gasteiger partial charge < -0.3 is 0 Å². The van der Waals surface area contributed by atoms with Crippen LogP contribution in [0.4, 0.5) is 0 Å². The third kappa shape index (κ3) is 5.01. The third-order valence-electron chi connectivity index (χ3n) is 10.6. The maximum atomic E-state index is 5.26. The van der Waals surface area contributed by atoms with Gasteiger partial charge in [0.1, 0.15) is 0 Å². The zero-order chi connectivity index (χ0) is 35.2. The minimum atomic E-state index is -0.504. The molecule has 248 valence electrons. The van der Waals surface area contributed by atoms with Crippen molar-refractivity contribution in [2.24, 2.45) is 0 Å². The van der Waals surface area contributed by atoms with E-state index < -0.39 is 5.41 Å². The Hall–Kier alpha value is -6.97. The molecule has 10 rings (SSSR count). The predicted molar refractivity (Wildman–Crippen MR) is 216 cm³/mol. The lowest BCUT2D eigenvalue weighted by molar-refractivity contribution is 0.769. The molecule has 0 aliphatic heterocycles. The van der Waals surface area contributed by atoms with Crippen molar-refractivity contribution in [3.05, 3.63) is 222 Å². The topological polar surface area (TPSA) is 38.7 Å². The first-order valence-electron chi connectivity index (χ1n) is 18.0. The zero-order valence-electron chi connectivity index (χ0n) is 28.9. The molecule has 3 nitrogen and oxygen atoms in total. The summed E-state index contributed by atoms with van der Waals surface area (Å²) in [7, 11) is 0. The standard InChI is InChI=1S/C50H33N3/c1-5-16-34(17-6-1)35-28-30-38(31-29-35)48-51-47(37-18-7-2-8-19-37)52-49(53-48)42-26-15-20-36-32-33-44-46(45(36)42)41-25-13-14-27-43(41)50(44,39-21-9-3-10-22-39)40-23-11-4-12-24-40/h1-33H. The molecular weight excluding hydrogens is 643 g/mol. The van der Waals surface area contributed by atoms with E-state index in [9.17, 15) is 0 Å². The minimum absolute atomic E-state index is 0.504. The summed E-state index contributed by atoms with van der Waals surface area (Å²) in [5.74, 6) is 1.93. The van der Waals surface area contributed by atoms with Crippen LogP contribution >= 0.6 is 0 Å². The van der Waals surface area contributed by atoms with Crippen molar-refractivity contribution in [2.45, 2.75) is 5.41 Å². The van der Waals surface area contributed by atoms with Crippen LogP contribution in [-0.2, 0) is 5.41 Å². The molecule has 0 atom stereocenters. The smallest absolute Gasteiger partial charge is 0.164 e. The Labute approximate surface area is 309 Å². The van der Waals surface area contributed by atoms with Gasteiger partial charge in [-0.1, -0.05) is 200 Å². The predicted octanol–water partition coefficient (Wildman–Crippen LogP) is 12.1. The zero-order valence-corrected chi connectivity index (χ0v) is 28.9. The third-order valence-corrected chi connectivity index (χ3v) is 10.6. The molecule has 9 aromatic rings. The van der Waals surface area contributed by atoms with Gasteiger partial charge in [-0.3, -0.25) is 0 Å². The average molecular weight is 676 g/mol. The quantitative estimate of drug-likeness (QED) is 0.176. The molecule has 1 aliphatic carbocycles. The summed E-state index contributed by atoms with van der Waals surface area (Å²) in [5, 5.41) is 2.28. The second-order valence-corrected chi connectivity index (χ2v) is 13.5. The molecular formula is C50H33N3. The summed E-state index contributed by atoms with van der Waals surface area (Å²) in [6.45, 7) is 0. The van der Waals surface area contributed by atoms with E-state index in [-0.39, 0.29) is 0 Å². The van der Waals surface area contributed by atoms with Gasteiger partial charge >= 0.3 is 0 Å². The van der Waals surface area contributed by atoms with Crippen molar-refractivity contribution < 1.29 is 0 Å². The molecule has 0 unspecified atom stereocenters. The fourth-order valence-corrected chi connectivity index (χ4v) is 8.28. The normalized spacial score (nSPS) is 12.7. The van der Waals surface area contributed by atoms with E-state index in [1.165, 1.54) is 38.9 Å². The first-order chi connectivity index (χ1) is 26.3. The van der Waals surface area contributed by atoms with Gasteiger partial charge in [0, 0.05) is 22.1 Å². The second kappa shape index (κ2) is 12.7. The molecule has 8 aromatic carbocycles. The molecule has 1 heterocycles. The lowest BCUT2D eigenvalue weighted by atomic mass is 9.67. The highest BCUT2D eigenvalue weighted by Crippen LogP contribution is 2.58. The monoisotopic (exact) mass is 675 g/mol. The SMILES string of the molecule is c1ccc(-c2ccc(-c3nc(-c4ccccc4)nc(-c4cccc5ccc6c(c45)-c4ccccc4C6(c4ccccc4)c4ccccc4)n3)cc2)cc1. The number of rotatable bonds is 6. The minimum Gasteiger partial charge on any atom is -0.208 e. The summed E-state index contributed by atoms with van der Waals surface area (Å²) >= 11 is 0. The lowest BCUT2D eigenvalue weighted by Crippen LogP contribution is -2.28. The van der Waals surface area contributed by atoms with Gasteiger partial charge in [-0.25, -0.2) is 15.0 Å². The van der Waals surface area contributed by atoms with Crippen molar-refractivity contribution in [2.75, 3.05) is 0 Å². The molecule has 0 amide bonds. The van der Waals surface area contributed by atoms with E-state index in [4.69, 9.17) is 15.0 Å². The van der Waals surface area contributed by atoms with Crippen LogP contribution in [0.1, 0.15) is 22.3 Å². The number of aromatic nitrogens is 3. The molecule has 0 bridgehead atoms. The molecule has 0 radical (unpaired) electrons. The van der Waals surface area contributed by atoms with E-state index in [0.717, 1.165) is 33.0 Å². The highest BCUT2D eigenvalue weighted by Gasteiger charge is 2.46. The van der Waals surface area contributed by atoms with Crippen LogP contribution in [0.15, 0.2) is 200 Å². The average Bonchev–Trinajstić information content (AvgIpc) is 3.56. The largest absolute Gasteiger partial charge is 0.208 e. The first kappa shape index (κ1) is 30.8. The van der Waals surface area contributed by atoms with E-state index in [1.54, 1.807) is 0 Å². The molecule has 0 fully saturated rings. The van der Waals surface area contributed by atoms with Gasteiger partial charge in [0.05, 0.1) is 5.41 Å². The summed E-state index contributed by atoms with van der Waals surface area (Å²) in [6, 6.07) is 71.0. The van der Waals surface area contributed by atoms with Crippen LogP contribution in [0.3, 0.4) is 0 Å². The van der Waals surface area contributed by atoms with Crippen molar-refractivity contribution in [1.29, 1.82) is 0 Å². The fraction of sp³-hybridized carbons (Fsp3) is 0.0200. The van der Waals surface area contributed by atoms with Crippen LogP contribution in [0.2, 0.25) is 0 Å². The Morgan fingerprint density at radius 2 is 0.774 bits per heavy atom. The summed E-state index contributed by atoms with van der Waals surface area (Å²) in [6.07, 6.45) is 0. The maximum Gasteiger partial charge on any atom is 0.164 e. The van der Waals surface area contributed by atoms with Crippen LogP contribution in [0, 0.1) is 0 Å². The molecule has 0 saturated heterocycles. The summed E-state index contributed by atoms with van der Waals surface area (Å²) < 4.78 is 0. The van der Waals surface area contributed by atoms with E-state index in [1.807, 2.05) is 24.3 Å². The number of nitrogens with zero attached hydrogens (tertiary/aromatic N) is 3. The van der Waals surface area contributed by atoms with Gasteiger partial charge in [0.2, 0.25) is 0 Å². The van der Waals surface area contributed by atoms with Crippen LogP contribution in [0.5, 0.6) is 0 Å². The highest BCUT2D eigenvalue weighted by molar-refractivity contribution is 6.10. The molecule has 0 saturated carbocycles. The van der Waals surface area contributed by atoms with E-state index in [2.05, 4.69) is 176 Å². The Morgan fingerprint density at radius 1 is 0.302 bits per heavy atom. The number of hydrogen-bond acceptors (Lipinski definition) is 3. The van der Waals surface area contributed by atoms with E-state index in [0.29, 0.717) is 17.5 Å². The number of fused-ring (bicyclic) bond motifs is 5. The molecule has 53 heavy (non-hydrogen) atoms. The second-order valence-electron chi connectivity index (χ2n) is 13.5. The lowest BCUT2D eigenvalue weighted by Gasteiger charge is -2.34. The van der Waals surface area contributed by atoms with Crippen molar-refractivity contribution >= 4 is 10.8 Å². The van der Waals surface area contributed by atoms with Gasteiger partial charge in [-0.05, 0) is 49.9 Å². The van der Waals surface area contributed by atoms with Crippen LogP contribution < -0.4 is 0 Å². The molecule has 3 heteroatoms. The Balaban J connectivity index is 1.24. The van der Waals surface area contributed by atoms with E-state index >= 15 is 0 Å². The Morgan fingerprint density at radius 3 is 1.42 bits per heavy atom. The molecule has 1 aromatic heterocycles. The first-order valence-corrected chi connectivity index (χ1v) is 18.0. The van der Waals surface area contributed by atoms with Crippen molar-refractivity contribution in [1.82, 2.24) is 15.0 Å². The fourth-order valence-electron chi connectivity index (χ4n) is 8.28. The summed E-state index contributed by atoms with van der Waals surface area (Å²) in [4.78, 5) is 15.6. The number of benzene rings is 8. The van der Waals surface area contributed by atoms with Crippen molar-refractivity contribution in [3.8, 4) is 56.4 Å². The molecule has 0 spiro atoms. The Bertz CT molecular complexity index is 2700. The Kier molecular flexibility index (Phi) is 7.36. The van der Waals surface area contributed by atoms with Gasteiger partial charge in [-0.15, -0.1) is 0 Å². The van der Waals surface area contributed by atoms with Crippen molar-refractivity contribution in [3.63, 3.8) is 0 Å². The van der Waals surface area contributed by atoms with Gasteiger partial charge in [0.15, 0.2) is 17.5 Å². The maximum absolute atomic E-state index is 5.26. The molecule has 0 N–H and O–H groups in total. The highest BCUT2D eigenvalue weighted by atomic mass is 15.0. The van der Waals surface area contributed by atoms with Gasteiger partial charge in [-0.2, -0.15) is 0 Å². The van der Waals surface area contributed by atoms with Crippen LogP contribution in [0.25, 0.3) is 67.2 Å². The van der Waals surface area contributed by atoms with Crippen LogP contribution in [-0.4, -0.2) is 15.0 Å². The van der Waals surface area contributed by atoms with Gasteiger partial charge in [0.25, 0.3) is 0 Å². The number of hydrogen-bond donors (Lipinski definition) is 0. The molecule has 1 aliphatic rings. The summed E-state index contributed by atoms with van der Waals surface area (Å²) in [5.41, 5.74) is 12.1.